The van der Waals surface area contributed by atoms with Crippen LogP contribution in [0.25, 0.3) is 0 Å². The fourth-order valence-electron chi connectivity index (χ4n) is 3.45. The number of carbonyl (C=O) groups excluding carboxylic acids is 1. The van der Waals surface area contributed by atoms with Crippen LogP contribution >= 0.6 is 11.6 Å². The average Bonchev–Trinajstić information content (AvgIpc) is 2.76. The van der Waals surface area contributed by atoms with Crippen LogP contribution in [0, 0.1) is 16.0 Å². The molecule has 32 heavy (non-hydrogen) atoms. The molecule has 1 atom stereocenters. The molecule has 0 saturated carbocycles. The van der Waals surface area contributed by atoms with Crippen LogP contribution in [0.2, 0.25) is 5.02 Å². The van der Waals surface area contributed by atoms with E-state index in [-0.39, 0.29) is 34.9 Å². The van der Waals surface area contributed by atoms with Crippen molar-refractivity contribution in [1.82, 2.24) is 10.3 Å². The van der Waals surface area contributed by atoms with Gasteiger partial charge in [0.15, 0.2) is 0 Å². The number of alkyl halides is 3. The number of benzene rings is 1. The van der Waals surface area contributed by atoms with Crippen LogP contribution < -0.4 is 10.2 Å². The topological polar surface area (TPSA) is 109 Å². The quantitative estimate of drug-likeness (QED) is 0.490. The normalized spacial score (nSPS) is 16.0. The molecule has 1 aliphatic rings. The van der Waals surface area contributed by atoms with Crippen molar-refractivity contribution in [3.8, 4) is 0 Å². The van der Waals surface area contributed by atoms with Gasteiger partial charge in [-0.3, -0.25) is 14.9 Å². The first-order valence-electron chi connectivity index (χ1n) is 9.74. The molecule has 2 aromatic rings. The number of aliphatic hydroxyl groups is 1. The first-order valence-corrected chi connectivity index (χ1v) is 10.1. The van der Waals surface area contributed by atoms with E-state index >= 15 is 0 Å². The number of hydrogen-bond acceptors (Lipinski definition) is 6. The number of hydrogen-bond donors (Lipinski definition) is 2. The number of halogens is 4. The van der Waals surface area contributed by atoms with E-state index in [4.69, 9.17) is 11.6 Å². The lowest BCUT2D eigenvalue weighted by atomic mass is 9.95. The maximum atomic E-state index is 12.8. The van der Waals surface area contributed by atoms with Crippen molar-refractivity contribution in [2.45, 2.75) is 25.1 Å². The summed E-state index contributed by atoms with van der Waals surface area (Å²) in [4.78, 5) is 28.2. The fraction of sp³-hybridized carbons (Fsp3) is 0.400. The zero-order chi connectivity index (χ0) is 23.5. The summed E-state index contributed by atoms with van der Waals surface area (Å²) in [6.07, 6.45) is -3.93. The first kappa shape index (κ1) is 23.7. The summed E-state index contributed by atoms with van der Waals surface area (Å²) >= 11 is 5.99. The number of anilines is 1. The standard InChI is InChI=1S/C20H20ClF3N4O4/c21-16-9-14(20(22,23)24)10-25-18(16)27-7-5-13(6-8-27)19(30)26-11-17(29)12-1-3-15(4-2-12)28(31)32/h1-4,9-10,13,17,29H,5-8,11H2,(H,26,30)/t17-/m0/s1. The monoisotopic (exact) mass is 472 g/mol. The summed E-state index contributed by atoms with van der Waals surface area (Å²) in [5, 5.41) is 23.5. The molecule has 1 saturated heterocycles. The number of nitro benzene ring substituents is 1. The molecular weight excluding hydrogens is 453 g/mol. The molecule has 1 aromatic heterocycles. The van der Waals surface area contributed by atoms with Gasteiger partial charge >= 0.3 is 6.18 Å². The lowest BCUT2D eigenvalue weighted by Crippen LogP contribution is -2.42. The number of amides is 1. The summed E-state index contributed by atoms with van der Waals surface area (Å²) in [5.41, 5.74) is -0.583. The highest BCUT2D eigenvalue weighted by atomic mass is 35.5. The van der Waals surface area contributed by atoms with Gasteiger partial charge in [0, 0.05) is 43.9 Å². The van der Waals surface area contributed by atoms with Crippen LogP contribution in [0.3, 0.4) is 0 Å². The number of rotatable bonds is 6. The van der Waals surface area contributed by atoms with Gasteiger partial charge < -0.3 is 15.3 Å². The molecule has 1 aliphatic heterocycles. The number of nitro groups is 1. The van der Waals surface area contributed by atoms with Gasteiger partial charge in [0.1, 0.15) is 5.82 Å². The van der Waals surface area contributed by atoms with E-state index < -0.39 is 22.8 Å². The van der Waals surface area contributed by atoms with Crippen LogP contribution in [-0.4, -0.2) is 40.6 Å². The zero-order valence-electron chi connectivity index (χ0n) is 16.7. The summed E-state index contributed by atoms with van der Waals surface area (Å²) in [6, 6.07) is 6.23. The van der Waals surface area contributed by atoms with Crippen molar-refractivity contribution >= 4 is 29.0 Å². The van der Waals surface area contributed by atoms with Crippen molar-refractivity contribution in [3.63, 3.8) is 0 Å². The Kier molecular flexibility index (Phi) is 7.19. The third-order valence-electron chi connectivity index (χ3n) is 5.27. The van der Waals surface area contributed by atoms with Crippen LogP contribution in [0.15, 0.2) is 36.5 Å². The van der Waals surface area contributed by atoms with Crippen LogP contribution in [0.1, 0.15) is 30.1 Å². The van der Waals surface area contributed by atoms with Crippen LogP contribution in [-0.2, 0) is 11.0 Å². The predicted octanol–water partition coefficient (Wildman–Crippen LogP) is 3.73. The molecule has 0 spiro atoms. The Bertz CT molecular complexity index is 980. The molecule has 1 aromatic carbocycles. The number of non-ortho nitro benzene ring substituents is 1. The second-order valence-corrected chi connectivity index (χ2v) is 7.81. The smallest absolute Gasteiger partial charge is 0.387 e. The predicted molar refractivity (Wildman–Crippen MR) is 110 cm³/mol. The molecule has 1 amide bonds. The van der Waals surface area contributed by atoms with E-state index in [1.54, 1.807) is 4.90 Å². The number of aliphatic hydroxyl groups excluding tert-OH is 1. The highest BCUT2D eigenvalue weighted by molar-refractivity contribution is 6.33. The molecule has 3 rings (SSSR count). The molecule has 172 valence electrons. The first-order chi connectivity index (χ1) is 15.1. The Morgan fingerprint density at radius 2 is 1.94 bits per heavy atom. The summed E-state index contributed by atoms with van der Waals surface area (Å²) in [5.74, 6) is -0.340. The number of aromatic nitrogens is 1. The Balaban J connectivity index is 1.50. The van der Waals surface area contributed by atoms with Crippen molar-refractivity contribution in [3.05, 3.63) is 62.8 Å². The van der Waals surface area contributed by atoms with Crippen LogP contribution in [0.5, 0.6) is 0 Å². The van der Waals surface area contributed by atoms with E-state index in [0.29, 0.717) is 31.5 Å². The molecule has 0 aliphatic carbocycles. The minimum absolute atomic E-state index is 0.0524. The zero-order valence-corrected chi connectivity index (χ0v) is 17.4. The van der Waals surface area contributed by atoms with E-state index in [0.717, 1.165) is 12.3 Å². The molecule has 1 fully saturated rings. The van der Waals surface area contributed by atoms with E-state index in [9.17, 15) is 33.2 Å². The highest BCUT2D eigenvalue weighted by Crippen LogP contribution is 2.34. The van der Waals surface area contributed by atoms with Crippen molar-refractivity contribution in [2.75, 3.05) is 24.5 Å². The number of carbonyl (C=O) groups is 1. The Morgan fingerprint density at radius 3 is 2.47 bits per heavy atom. The van der Waals surface area contributed by atoms with Gasteiger partial charge in [0.25, 0.3) is 5.69 Å². The molecule has 2 heterocycles. The minimum Gasteiger partial charge on any atom is -0.387 e. The van der Waals surface area contributed by atoms with Gasteiger partial charge in [0.2, 0.25) is 5.91 Å². The SMILES string of the molecule is O=C(NC[C@H](O)c1ccc([N+](=O)[O-])cc1)C1CCN(c2ncc(C(F)(F)F)cc2Cl)CC1. The molecule has 12 heteroatoms. The number of nitrogens with zero attached hydrogens (tertiary/aromatic N) is 3. The lowest BCUT2D eigenvalue weighted by Gasteiger charge is -2.32. The minimum atomic E-state index is -4.53. The van der Waals surface area contributed by atoms with Gasteiger partial charge in [-0.15, -0.1) is 0 Å². The van der Waals surface area contributed by atoms with Gasteiger partial charge in [0.05, 0.1) is 21.6 Å². The Hall–Kier alpha value is -2.92. The van der Waals surface area contributed by atoms with Crippen molar-refractivity contribution in [1.29, 1.82) is 0 Å². The third-order valence-corrected chi connectivity index (χ3v) is 5.55. The van der Waals surface area contributed by atoms with Gasteiger partial charge in [-0.05, 0) is 36.6 Å². The van der Waals surface area contributed by atoms with Gasteiger partial charge in [-0.2, -0.15) is 13.2 Å². The number of nitrogens with one attached hydrogen (secondary N) is 1. The van der Waals surface area contributed by atoms with Crippen molar-refractivity contribution in [2.24, 2.45) is 5.92 Å². The second-order valence-electron chi connectivity index (χ2n) is 7.40. The summed E-state index contributed by atoms with van der Waals surface area (Å²) in [6.45, 7) is 0.727. The van der Waals surface area contributed by atoms with Crippen LogP contribution in [0.4, 0.5) is 24.7 Å². The van der Waals surface area contributed by atoms with Gasteiger partial charge in [-0.25, -0.2) is 4.98 Å². The Labute approximate surface area is 186 Å². The fourth-order valence-corrected chi connectivity index (χ4v) is 3.74. The summed E-state index contributed by atoms with van der Waals surface area (Å²) in [7, 11) is 0. The van der Waals surface area contributed by atoms with E-state index in [1.807, 2.05) is 0 Å². The molecule has 2 N–H and O–H groups in total. The number of piperidine rings is 1. The molecule has 8 nitrogen and oxygen atoms in total. The molecule has 0 bridgehead atoms. The lowest BCUT2D eigenvalue weighted by molar-refractivity contribution is -0.384. The van der Waals surface area contributed by atoms with E-state index in [1.165, 1.54) is 24.3 Å². The maximum absolute atomic E-state index is 12.8. The Morgan fingerprint density at radius 1 is 1.31 bits per heavy atom. The van der Waals surface area contributed by atoms with E-state index in [2.05, 4.69) is 10.3 Å². The van der Waals surface area contributed by atoms with Gasteiger partial charge in [-0.1, -0.05) is 11.6 Å². The highest BCUT2D eigenvalue weighted by Gasteiger charge is 2.33. The third kappa shape index (κ3) is 5.65. The van der Waals surface area contributed by atoms with Crippen molar-refractivity contribution < 1.29 is 28.0 Å². The largest absolute Gasteiger partial charge is 0.417 e. The summed E-state index contributed by atoms with van der Waals surface area (Å²) < 4.78 is 38.3. The molecular formula is C20H20ClF3N4O4. The number of pyridine rings is 1. The molecule has 0 radical (unpaired) electrons. The average molecular weight is 473 g/mol. The maximum Gasteiger partial charge on any atom is 0.417 e. The molecule has 0 unspecified atom stereocenters. The second kappa shape index (κ2) is 9.70.